The molecule has 2 aromatic rings. The number of halogens is 1. The highest BCUT2D eigenvalue weighted by molar-refractivity contribution is 6.32. The molecule has 2 aliphatic heterocycles. The smallest absolute Gasteiger partial charge is 0.244 e. The number of amides is 1. The van der Waals surface area contributed by atoms with E-state index in [0.717, 1.165) is 31.6 Å². The van der Waals surface area contributed by atoms with Crippen molar-refractivity contribution in [1.29, 1.82) is 0 Å². The zero-order valence-electron chi connectivity index (χ0n) is 14.9. The molecule has 1 unspecified atom stereocenters. The van der Waals surface area contributed by atoms with Crippen molar-refractivity contribution in [1.82, 2.24) is 10.2 Å². The number of ether oxygens (including phenoxy) is 2. The monoisotopic (exact) mass is 384 g/mol. The fourth-order valence-electron chi connectivity index (χ4n) is 3.44. The van der Waals surface area contributed by atoms with E-state index in [2.05, 4.69) is 34.5 Å². The number of carbonyl (C=O) groups is 1. The molecule has 27 heavy (non-hydrogen) atoms. The Hall–Kier alpha value is -2.50. The minimum absolute atomic E-state index is 0.102. The molecule has 2 heterocycles. The molecule has 1 atom stereocenters. The van der Waals surface area contributed by atoms with E-state index in [-0.39, 0.29) is 18.7 Å². The van der Waals surface area contributed by atoms with Crippen LogP contribution in [0.4, 0.5) is 0 Å². The maximum Gasteiger partial charge on any atom is 0.244 e. The predicted molar refractivity (Wildman–Crippen MR) is 105 cm³/mol. The normalized spacial score (nSPS) is 18.9. The molecule has 1 fully saturated rings. The molecule has 1 amide bonds. The molecule has 6 heteroatoms. The van der Waals surface area contributed by atoms with Crippen LogP contribution in [-0.4, -0.2) is 36.7 Å². The van der Waals surface area contributed by atoms with Crippen molar-refractivity contribution in [3.05, 3.63) is 64.7 Å². The van der Waals surface area contributed by atoms with Crippen LogP contribution in [-0.2, 0) is 11.3 Å². The van der Waals surface area contributed by atoms with Gasteiger partial charge in [0.05, 0.1) is 5.02 Å². The van der Waals surface area contributed by atoms with Crippen molar-refractivity contribution in [3.8, 4) is 11.5 Å². The molecule has 0 aromatic heterocycles. The van der Waals surface area contributed by atoms with Gasteiger partial charge in [-0.15, -0.1) is 0 Å². The molecule has 0 saturated carbocycles. The molecule has 1 saturated heterocycles. The molecule has 0 bridgehead atoms. The summed E-state index contributed by atoms with van der Waals surface area (Å²) in [6.45, 7) is 2.94. The topological polar surface area (TPSA) is 50.8 Å². The van der Waals surface area contributed by atoms with Crippen LogP contribution in [0.5, 0.6) is 11.5 Å². The fraction of sp³-hybridized carbons (Fsp3) is 0.286. The first-order chi connectivity index (χ1) is 13.2. The summed E-state index contributed by atoms with van der Waals surface area (Å²) in [7, 11) is 0. The van der Waals surface area contributed by atoms with Gasteiger partial charge >= 0.3 is 0 Å². The number of benzene rings is 2. The lowest BCUT2D eigenvalue weighted by Crippen LogP contribution is -2.35. The molecule has 5 nitrogen and oxygen atoms in total. The third kappa shape index (κ3) is 4.43. The molecule has 2 aliphatic rings. The molecule has 0 radical (unpaired) electrons. The van der Waals surface area contributed by atoms with Gasteiger partial charge in [0, 0.05) is 31.8 Å². The van der Waals surface area contributed by atoms with Gasteiger partial charge < -0.3 is 14.8 Å². The molecule has 2 aromatic carbocycles. The van der Waals surface area contributed by atoms with Crippen LogP contribution in [0.3, 0.4) is 0 Å². The minimum atomic E-state index is -0.102. The van der Waals surface area contributed by atoms with Crippen molar-refractivity contribution in [2.24, 2.45) is 0 Å². The second-order valence-corrected chi connectivity index (χ2v) is 7.19. The second-order valence-electron chi connectivity index (χ2n) is 6.78. The molecule has 4 rings (SSSR count). The Bertz CT molecular complexity index is 854. The third-order valence-corrected chi connectivity index (χ3v) is 5.03. The average Bonchev–Trinajstić information content (AvgIpc) is 3.30. The van der Waals surface area contributed by atoms with Gasteiger partial charge in [-0.2, -0.15) is 0 Å². The van der Waals surface area contributed by atoms with Crippen molar-refractivity contribution in [2.75, 3.05) is 19.9 Å². The Morgan fingerprint density at radius 2 is 2.11 bits per heavy atom. The molecular weight excluding hydrogens is 364 g/mol. The Balaban J connectivity index is 1.30. The first-order valence-corrected chi connectivity index (χ1v) is 9.39. The van der Waals surface area contributed by atoms with Gasteiger partial charge in [0.15, 0.2) is 11.5 Å². The molecular formula is C21H21ClN2O3. The first kappa shape index (κ1) is 17.9. The van der Waals surface area contributed by atoms with Crippen molar-refractivity contribution < 1.29 is 14.3 Å². The lowest BCUT2D eigenvalue weighted by molar-refractivity contribution is -0.117. The number of hydrogen-bond acceptors (Lipinski definition) is 4. The first-order valence-electron chi connectivity index (χ1n) is 9.01. The standard InChI is InChI=1S/C21H21ClN2O3/c22-18-10-16(11-19-21(18)27-14-26-19)6-7-20(25)23-17-8-9-24(13-17)12-15-4-2-1-3-5-15/h1-7,10-11,17H,8-9,12-14H2,(H,23,25)/b7-6+. The van der Waals surface area contributed by atoms with Crippen LogP contribution in [0.15, 0.2) is 48.5 Å². The largest absolute Gasteiger partial charge is 0.454 e. The number of carbonyl (C=O) groups excluding carboxylic acids is 1. The van der Waals surface area contributed by atoms with Crippen LogP contribution >= 0.6 is 11.6 Å². The van der Waals surface area contributed by atoms with Crippen LogP contribution in [0, 0.1) is 0 Å². The summed E-state index contributed by atoms with van der Waals surface area (Å²) in [6.07, 6.45) is 4.23. The van der Waals surface area contributed by atoms with Gasteiger partial charge in [-0.25, -0.2) is 0 Å². The van der Waals surface area contributed by atoms with Gasteiger partial charge in [0.2, 0.25) is 12.7 Å². The Morgan fingerprint density at radius 1 is 1.26 bits per heavy atom. The van der Waals surface area contributed by atoms with Gasteiger partial charge in [-0.05, 0) is 35.8 Å². The van der Waals surface area contributed by atoms with Gasteiger partial charge in [0.1, 0.15) is 0 Å². The van der Waals surface area contributed by atoms with Crippen molar-refractivity contribution >= 4 is 23.6 Å². The zero-order chi connectivity index (χ0) is 18.6. The van der Waals surface area contributed by atoms with E-state index >= 15 is 0 Å². The number of hydrogen-bond donors (Lipinski definition) is 1. The minimum Gasteiger partial charge on any atom is -0.454 e. The highest BCUT2D eigenvalue weighted by Crippen LogP contribution is 2.40. The zero-order valence-corrected chi connectivity index (χ0v) is 15.6. The summed E-state index contributed by atoms with van der Waals surface area (Å²) in [6, 6.07) is 14.1. The number of likely N-dealkylation sites (tertiary alicyclic amines) is 1. The number of nitrogens with zero attached hydrogens (tertiary/aromatic N) is 1. The summed E-state index contributed by atoms with van der Waals surface area (Å²) in [5.41, 5.74) is 2.10. The van der Waals surface area contributed by atoms with E-state index in [4.69, 9.17) is 21.1 Å². The van der Waals surface area contributed by atoms with Crippen LogP contribution in [0.25, 0.3) is 6.08 Å². The lowest BCUT2D eigenvalue weighted by atomic mass is 10.2. The van der Waals surface area contributed by atoms with Gasteiger partial charge in [-0.1, -0.05) is 41.9 Å². The third-order valence-electron chi connectivity index (χ3n) is 4.74. The molecule has 0 aliphatic carbocycles. The van der Waals surface area contributed by atoms with E-state index in [1.54, 1.807) is 12.1 Å². The van der Waals surface area contributed by atoms with Gasteiger partial charge in [-0.3, -0.25) is 9.69 Å². The number of rotatable bonds is 5. The molecule has 1 N–H and O–H groups in total. The summed E-state index contributed by atoms with van der Waals surface area (Å²) in [5.74, 6) is 1.06. The quantitative estimate of drug-likeness (QED) is 0.802. The lowest BCUT2D eigenvalue weighted by Gasteiger charge is -2.16. The Labute approximate surface area is 163 Å². The van der Waals surface area contributed by atoms with E-state index in [1.165, 1.54) is 11.6 Å². The SMILES string of the molecule is O=C(/C=C/c1cc(Cl)c2c(c1)OCO2)NC1CCN(Cc2ccccc2)C1. The predicted octanol–water partition coefficient (Wildman–Crippen LogP) is 3.47. The number of nitrogens with one attached hydrogen (secondary N) is 1. The van der Waals surface area contributed by atoms with Crippen molar-refractivity contribution in [2.45, 2.75) is 19.0 Å². The summed E-state index contributed by atoms with van der Waals surface area (Å²) < 4.78 is 10.6. The van der Waals surface area contributed by atoms with Crippen LogP contribution in [0.1, 0.15) is 17.5 Å². The fourth-order valence-corrected chi connectivity index (χ4v) is 3.71. The van der Waals surface area contributed by atoms with E-state index in [9.17, 15) is 4.79 Å². The maximum atomic E-state index is 12.3. The molecule has 0 spiro atoms. The highest BCUT2D eigenvalue weighted by Gasteiger charge is 2.23. The van der Waals surface area contributed by atoms with Gasteiger partial charge in [0.25, 0.3) is 0 Å². The second kappa shape index (κ2) is 8.03. The Kier molecular flexibility index (Phi) is 5.32. The summed E-state index contributed by atoms with van der Waals surface area (Å²) in [5, 5.41) is 3.56. The maximum absolute atomic E-state index is 12.3. The Morgan fingerprint density at radius 3 is 2.96 bits per heavy atom. The summed E-state index contributed by atoms with van der Waals surface area (Å²) in [4.78, 5) is 14.6. The van der Waals surface area contributed by atoms with Crippen LogP contribution in [0.2, 0.25) is 5.02 Å². The number of fused-ring (bicyclic) bond motifs is 1. The van der Waals surface area contributed by atoms with E-state index in [1.807, 2.05) is 12.1 Å². The average molecular weight is 385 g/mol. The highest BCUT2D eigenvalue weighted by atomic mass is 35.5. The summed E-state index contributed by atoms with van der Waals surface area (Å²) >= 11 is 6.17. The van der Waals surface area contributed by atoms with E-state index < -0.39 is 0 Å². The van der Waals surface area contributed by atoms with Crippen molar-refractivity contribution in [3.63, 3.8) is 0 Å². The van der Waals surface area contributed by atoms with E-state index in [0.29, 0.717) is 16.5 Å². The van der Waals surface area contributed by atoms with Crippen LogP contribution < -0.4 is 14.8 Å². The molecule has 140 valence electrons.